The second-order valence-electron chi connectivity index (χ2n) is 3.57. The second-order valence-corrected chi connectivity index (χ2v) is 3.57. The van der Waals surface area contributed by atoms with E-state index in [1.165, 1.54) is 6.07 Å². The number of hydrogen-bond acceptors (Lipinski definition) is 3. The van der Waals surface area contributed by atoms with Crippen molar-refractivity contribution in [3.05, 3.63) is 58.8 Å². The van der Waals surface area contributed by atoms with Crippen molar-refractivity contribution in [1.82, 2.24) is 9.55 Å². The first kappa shape index (κ1) is 10.4. The zero-order chi connectivity index (χ0) is 11.4. The SMILES string of the molecule is Nc1ccc(=O)n(CCc2ccccn2)c1. The largest absolute Gasteiger partial charge is 0.398 e. The average molecular weight is 215 g/mol. The Morgan fingerprint density at radius 2 is 2.12 bits per heavy atom. The molecule has 0 aromatic carbocycles. The van der Waals surface area contributed by atoms with E-state index in [1.54, 1.807) is 23.0 Å². The van der Waals surface area contributed by atoms with Gasteiger partial charge in [0.05, 0.1) is 0 Å². The Labute approximate surface area is 93.4 Å². The molecule has 2 N–H and O–H groups in total. The van der Waals surface area contributed by atoms with Gasteiger partial charge in [0.1, 0.15) is 0 Å². The minimum absolute atomic E-state index is 0.0369. The molecule has 0 unspecified atom stereocenters. The molecule has 0 aliphatic heterocycles. The van der Waals surface area contributed by atoms with Crippen LogP contribution in [0.25, 0.3) is 0 Å². The predicted molar refractivity (Wildman–Crippen MR) is 63.1 cm³/mol. The lowest BCUT2D eigenvalue weighted by molar-refractivity contribution is 0.662. The highest BCUT2D eigenvalue weighted by molar-refractivity contribution is 5.33. The highest BCUT2D eigenvalue weighted by atomic mass is 16.1. The van der Waals surface area contributed by atoms with Gasteiger partial charge in [-0.25, -0.2) is 0 Å². The third-order valence-electron chi connectivity index (χ3n) is 2.34. The van der Waals surface area contributed by atoms with Crippen LogP contribution in [0.1, 0.15) is 5.69 Å². The Bertz CT molecular complexity index is 519. The van der Waals surface area contributed by atoms with Gasteiger partial charge in [0.25, 0.3) is 5.56 Å². The first-order valence-corrected chi connectivity index (χ1v) is 5.11. The molecule has 0 spiro atoms. The average Bonchev–Trinajstić information content (AvgIpc) is 2.32. The van der Waals surface area contributed by atoms with Crippen LogP contribution in [0, 0.1) is 0 Å². The summed E-state index contributed by atoms with van der Waals surface area (Å²) in [7, 11) is 0. The fourth-order valence-electron chi connectivity index (χ4n) is 1.51. The molecule has 0 bridgehead atoms. The van der Waals surface area contributed by atoms with E-state index in [-0.39, 0.29) is 5.56 Å². The fourth-order valence-corrected chi connectivity index (χ4v) is 1.51. The Hall–Kier alpha value is -2.10. The Morgan fingerprint density at radius 1 is 1.25 bits per heavy atom. The summed E-state index contributed by atoms with van der Waals surface area (Å²) in [6.07, 6.45) is 4.13. The zero-order valence-electron chi connectivity index (χ0n) is 8.84. The Morgan fingerprint density at radius 3 is 2.88 bits per heavy atom. The molecule has 2 aromatic heterocycles. The number of aromatic nitrogens is 2. The summed E-state index contributed by atoms with van der Waals surface area (Å²) >= 11 is 0. The molecule has 0 radical (unpaired) electrons. The quantitative estimate of drug-likeness (QED) is 0.833. The second kappa shape index (κ2) is 4.61. The molecule has 2 heterocycles. The lowest BCUT2D eigenvalue weighted by atomic mass is 10.2. The third kappa shape index (κ3) is 2.48. The minimum atomic E-state index is -0.0369. The van der Waals surface area contributed by atoms with Crippen molar-refractivity contribution in [1.29, 1.82) is 0 Å². The summed E-state index contributed by atoms with van der Waals surface area (Å²) in [5.41, 5.74) is 7.15. The molecule has 2 aromatic rings. The first-order valence-electron chi connectivity index (χ1n) is 5.11. The van der Waals surface area contributed by atoms with E-state index in [2.05, 4.69) is 4.98 Å². The molecule has 82 valence electrons. The summed E-state index contributed by atoms with van der Waals surface area (Å²) in [4.78, 5) is 15.7. The van der Waals surface area contributed by atoms with E-state index in [0.29, 0.717) is 12.2 Å². The van der Waals surface area contributed by atoms with Crippen LogP contribution < -0.4 is 11.3 Å². The van der Waals surface area contributed by atoms with Gasteiger partial charge in [-0.3, -0.25) is 9.78 Å². The number of nitrogen functional groups attached to an aromatic ring is 1. The molecule has 0 amide bonds. The van der Waals surface area contributed by atoms with Crippen LogP contribution in [0.2, 0.25) is 0 Å². The van der Waals surface area contributed by atoms with Gasteiger partial charge in [-0.15, -0.1) is 0 Å². The molecular weight excluding hydrogens is 202 g/mol. The molecule has 0 saturated heterocycles. The number of rotatable bonds is 3. The molecule has 16 heavy (non-hydrogen) atoms. The van der Waals surface area contributed by atoms with E-state index in [9.17, 15) is 4.79 Å². The summed E-state index contributed by atoms with van der Waals surface area (Å²) in [5, 5.41) is 0. The highest BCUT2D eigenvalue weighted by Gasteiger charge is 1.98. The van der Waals surface area contributed by atoms with Crippen LogP contribution in [0.3, 0.4) is 0 Å². The van der Waals surface area contributed by atoms with Crippen LogP contribution in [-0.4, -0.2) is 9.55 Å². The molecule has 0 atom stereocenters. The summed E-state index contributed by atoms with van der Waals surface area (Å²) in [6.45, 7) is 0.598. The van der Waals surface area contributed by atoms with Gasteiger partial charge < -0.3 is 10.3 Å². The van der Waals surface area contributed by atoms with Gasteiger partial charge >= 0.3 is 0 Å². The summed E-state index contributed by atoms with van der Waals surface area (Å²) in [6, 6.07) is 8.84. The maximum absolute atomic E-state index is 11.5. The lowest BCUT2D eigenvalue weighted by Gasteiger charge is -2.05. The van der Waals surface area contributed by atoms with Crippen molar-refractivity contribution in [3.8, 4) is 0 Å². The Balaban J connectivity index is 2.11. The number of hydrogen-bond donors (Lipinski definition) is 1. The van der Waals surface area contributed by atoms with Crippen LogP contribution in [0.15, 0.2) is 47.5 Å². The lowest BCUT2D eigenvalue weighted by Crippen LogP contribution is -2.20. The van der Waals surface area contributed by atoms with E-state index >= 15 is 0 Å². The fraction of sp³-hybridized carbons (Fsp3) is 0.167. The summed E-state index contributed by atoms with van der Waals surface area (Å²) < 4.78 is 1.60. The molecular formula is C12H13N3O. The van der Waals surface area contributed by atoms with Crippen LogP contribution >= 0.6 is 0 Å². The van der Waals surface area contributed by atoms with Crippen LogP contribution in [0.5, 0.6) is 0 Å². The third-order valence-corrected chi connectivity index (χ3v) is 2.34. The van der Waals surface area contributed by atoms with Crippen molar-refractivity contribution in [2.45, 2.75) is 13.0 Å². The number of aryl methyl sites for hydroxylation is 2. The topological polar surface area (TPSA) is 60.9 Å². The standard InChI is InChI=1S/C12H13N3O/c13-10-4-5-12(16)15(9-10)8-6-11-3-1-2-7-14-11/h1-5,7,9H,6,8,13H2. The smallest absolute Gasteiger partial charge is 0.250 e. The highest BCUT2D eigenvalue weighted by Crippen LogP contribution is 1.99. The normalized spacial score (nSPS) is 10.2. The molecule has 2 rings (SSSR count). The number of anilines is 1. The first-order chi connectivity index (χ1) is 7.75. The maximum atomic E-state index is 11.5. The van der Waals surface area contributed by atoms with Crippen molar-refractivity contribution in [2.75, 3.05) is 5.73 Å². The van der Waals surface area contributed by atoms with E-state index in [0.717, 1.165) is 12.1 Å². The number of nitrogens with zero attached hydrogens (tertiary/aromatic N) is 2. The van der Waals surface area contributed by atoms with Gasteiger partial charge in [0.15, 0.2) is 0 Å². The van der Waals surface area contributed by atoms with Gasteiger partial charge in [0.2, 0.25) is 0 Å². The zero-order valence-corrected chi connectivity index (χ0v) is 8.84. The van der Waals surface area contributed by atoms with Crippen molar-refractivity contribution >= 4 is 5.69 Å². The van der Waals surface area contributed by atoms with Gasteiger partial charge in [-0.2, -0.15) is 0 Å². The monoisotopic (exact) mass is 215 g/mol. The van der Waals surface area contributed by atoms with Crippen molar-refractivity contribution in [3.63, 3.8) is 0 Å². The maximum Gasteiger partial charge on any atom is 0.250 e. The van der Waals surface area contributed by atoms with Crippen molar-refractivity contribution in [2.24, 2.45) is 0 Å². The molecule has 4 heteroatoms. The van der Waals surface area contributed by atoms with E-state index in [1.807, 2.05) is 18.2 Å². The predicted octanol–water partition coefficient (Wildman–Crippen LogP) is 1.07. The molecule has 0 aliphatic rings. The van der Waals surface area contributed by atoms with Gasteiger partial charge in [-0.05, 0) is 18.2 Å². The van der Waals surface area contributed by atoms with Gasteiger partial charge in [-0.1, -0.05) is 6.07 Å². The molecule has 4 nitrogen and oxygen atoms in total. The van der Waals surface area contributed by atoms with Crippen LogP contribution in [-0.2, 0) is 13.0 Å². The Kier molecular flexibility index (Phi) is 3.00. The summed E-state index contributed by atoms with van der Waals surface area (Å²) in [5.74, 6) is 0. The van der Waals surface area contributed by atoms with E-state index in [4.69, 9.17) is 5.73 Å². The molecule has 0 aliphatic carbocycles. The number of pyridine rings is 2. The number of nitrogens with two attached hydrogens (primary N) is 1. The minimum Gasteiger partial charge on any atom is -0.398 e. The molecule has 0 fully saturated rings. The van der Waals surface area contributed by atoms with E-state index < -0.39 is 0 Å². The van der Waals surface area contributed by atoms with Crippen molar-refractivity contribution < 1.29 is 0 Å². The molecule has 0 saturated carbocycles. The van der Waals surface area contributed by atoms with Crippen LogP contribution in [0.4, 0.5) is 5.69 Å². The van der Waals surface area contributed by atoms with Gasteiger partial charge in [0, 0.05) is 42.8 Å².